The highest BCUT2D eigenvalue weighted by atomic mass is 16.6. The molecule has 1 aliphatic rings. The van der Waals surface area contributed by atoms with E-state index in [1.54, 1.807) is 0 Å². The fourth-order valence-corrected chi connectivity index (χ4v) is 2.59. The maximum atomic E-state index is 11.6. The molecule has 5 heteroatoms. The molecule has 1 aromatic carbocycles. The molecule has 0 aliphatic carbocycles. The van der Waals surface area contributed by atoms with E-state index < -0.39 is 11.7 Å². The third kappa shape index (κ3) is 6.59. The van der Waals surface area contributed by atoms with Crippen molar-refractivity contribution in [1.29, 1.82) is 0 Å². The van der Waals surface area contributed by atoms with E-state index >= 15 is 0 Å². The number of hydrogen-bond acceptors (Lipinski definition) is 4. The molecule has 1 aromatic rings. The van der Waals surface area contributed by atoms with Crippen molar-refractivity contribution in [2.24, 2.45) is 0 Å². The normalized spacial score (nSPS) is 17.0. The summed E-state index contributed by atoms with van der Waals surface area (Å²) in [6.07, 6.45) is 1.19. The molecule has 5 nitrogen and oxygen atoms in total. The number of aliphatic hydroxyl groups is 1. The number of aliphatic hydroxyl groups excluding tert-OH is 1. The number of benzene rings is 1. The van der Waals surface area contributed by atoms with Gasteiger partial charge in [0.25, 0.3) is 0 Å². The van der Waals surface area contributed by atoms with Gasteiger partial charge >= 0.3 is 6.09 Å². The van der Waals surface area contributed by atoms with Crippen LogP contribution in [0.2, 0.25) is 0 Å². The predicted molar refractivity (Wildman–Crippen MR) is 90.0 cm³/mol. The zero-order valence-corrected chi connectivity index (χ0v) is 14.3. The Hall–Kier alpha value is -1.59. The van der Waals surface area contributed by atoms with E-state index in [0.717, 1.165) is 38.0 Å². The number of nitrogens with zero attached hydrogens (tertiary/aromatic N) is 1. The fraction of sp³-hybridized carbons (Fsp3) is 0.611. The lowest BCUT2D eigenvalue weighted by Crippen LogP contribution is -2.35. The summed E-state index contributed by atoms with van der Waals surface area (Å²) >= 11 is 0. The van der Waals surface area contributed by atoms with Crippen LogP contribution in [0.25, 0.3) is 0 Å². The van der Waals surface area contributed by atoms with Gasteiger partial charge in [0.15, 0.2) is 0 Å². The van der Waals surface area contributed by atoms with E-state index in [1.807, 2.05) is 32.9 Å². The zero-order chi connectivity index (χ0) is 16.9. The van der Waals surface area contributed by atoms with Crippen molar-refractivity contribution in [3.8, 4) is 0 Å². The first kappa shape index (κ1) is 17.8. The van der Waals surface area contributed by atoms with Gasteiger partial charge in [-0.2, -0.15) is 0 Å². The molecule has 23 heavy (non-hydrogen) atoms. The Morgan fingerprint density at radius 1 is 1.22 bits per heavy atom. The SMILES string of the molecule is CC(C)(C)OC(=O)NCc1ccc(CN2CCC(O)CC2)cc1. The van der Waals surface area contributed by atoms with Crippen molar-refractivity contribution >= 4 is 6.09 Å². The number of nitrogens with one attached hydrogen (secondary N) is 1. The van der Waals surface area contributed by atoms with Gasteiger partial charge in [-0.1, -0.05) is 24.3 Å². The van der Waals surface area contributed by atoms with E-state index in [0.29, 0.717) is 6.54 Å². The molecule has 0 aromatic heterocycles. The van der Waals surface area contributed by atoms with Crippen molar-refractivity contribution in [3.05, 3.63) is 35.4 Å². The summed E-state index contributed by atoms with van der Waals surface area (Å²) in [6.45, 7) is 8.81. The van der Waals surface area contributed by atoms with Crippen LogP contribution in [0.4, 0.5) is 4.79 Å². The van der Waals surface area contributed by atoms with Gasteiger partial charge in [0, 0.05) is 26.2 Å². The molecule has 2 N–H and O–H groups in total. The molecule has 0 atom stereocenters. The minimum absolute atomic E-state index is 0.132. The zero-order valence-electron chi connectivity index (χ0n) is 14.3. The first-order chi connectivity index (χ1) is 10.8. The van der Waals surface area contributed by atoms with Crippen molar-refractivity contribution in [1.82, 2.24) is 10.2 Å². The van der Waals surface area contributed by atoms with Crippen LogP contribution >= 0.6 is 0 Å². The largest absolute Gasteiger partial charge is 0.444 e. The Balaban J connectivity index is 1.77. The Bertz CT molecular complexity index is 500. The van der Waals surface area contributed by atoms with Gasteiger partial charge in [-0.3, -0.25) is 4.90 Å². The van der Waals surface area contributed by atoms with Gasteiger partial charge in [0.2, 0.25) is 0 Å². The Labute approximate surface area is 138 Å². The van der Waals surface area contributed by atoms with E-state index in [2.05, 4.69) is 22.3 Å². The van der Waals surface area contributed by atoms with Crippen molar-refractivity contribution < 1.29 is 14.6 Å². The molecular weight excluding hydrogens is 292 g/mol. The molecule has 2 rings (SSSR count). The Morgan fingerprint density at radius 2 is 1.78 bits per heavy atom. The van der Waals surface area contributed by atoms with Crippen LogP contribution in [0.1, 0.15) is 44.7 Å². The number of carbonyl (C=O) groups excluding carboxylic acids is 1. The van der Waals surface area contributed by atoms with Gasteiger partial charge in [-0.25, -0.2) is 4.79 Å². The Kier molecular flexibility index (Phi) is 6.02. The summed E-state index contributed by atoms with van der Waals surface area (Å²) in [5.74, 6) is 0. The van der Waals surface area contributed by atoms with Crippen molar-refractivity contribution in [3.63, 3.8) is 0 Å². The highest BCUT2D eigenvalue weighted by molar-refractivity contribution is 5.67. The summed E-state index contributed by atoms with van der Waals surface area (Å²) in [7, 11) is 0. The number of ether oxygens (including phenoxy) is 1. The summed E-state index contributed by atoms with van der Waals surface area (Å²) < 4.78 is 5.22. The van der Waals surface area contributed by atoms with Crippen LogP contribution < -0.4 is 5.32 Å². The number of rotatable bonds is 4. The maximum Gasteiger partial charge on any atom is 0.407 e. The minimum Gasteiger partial charge on any atom is -0.444 e. The van der Waals surface area contributed by atoms with Crippen LogP contribution in [0.15, 0.2) is 24.3 Å². The Morgan fingerprint density at radius 3 is 2.35 bits per heavy atom. The number of amides is 1. The molecule has 1 amide bonds. The number of piperidine rings is 1. The molecule has 1 saturated heterocycles. The van der Waals surface area contributed by atoms with Gasteiger partial charge in [-0.15, -0.1) is 0 Å². The third-order valence-electron chi connectivity index (χ3n) is 3.82. The summed E-state index contributed by atoms with van der Waals surface area (Å²) in [6, 6.07) is 8.26. The standard InChI is InChI=1S/C18H28N2O3/c1-18(2,3)23-17(22)19-12-14-4-6-15(7-5-14)13-20-10-8-16(21)9-11-20/h4-7,16,21H,8-13H2,1-3H3,(H,19,22). The van der Waals surface area contributed by atoms with E-state index in [9.17, 15) is 9.90 Å². The molecule has 128 valence electrons. The number of hydrogen-bond donors (Lipinski definition) is 2. The van der Waals surface area contributed by atoms with Crippen molar-refractivity contribution in [2.45, 2.75) is 58.4 Å². The highest BCUT2D eigenvalue weighted by Gasteiger charge is 2.17. The first-order valence-corrected chi connectivity index (χ1v) is 8.27. The maximum absolute atomic E-state index is 11.6. The lowest BCUT2D eigenvalue weighted by Gasteiger charge is -2.29. The van der Waals surface area contributed by atoms with Crippen molar-refractivity contribution in [2.75, 3.05) is 13.1 Å². The molecule has 1 heterocycles. The number of carbonyl (C=O) groups is 1. The molecule has 1 fully saturated rings. The smallest absolute Gasteiger partial charge is 0.407 e. The second-order valence-corrected chi connectivity index (χ2v) is 7.18. The van der Waals surface area contributed by atoms with Crippen LogP contribution in [0, 0.1) is 0 Å². The van der Waals surface area contributed by atoms with Gasteiger partial charge in [0.05, 0.1) is 6.10 Å². The first-order valence-electron chi connectivity index (χ1n) is 8.27. The van der Waals surface area contributed by atoms with Gasteiger partial charge in [-0.05, 0) is 44.7 Å². The topological polar surface area (TPSA) is 61.8 Å². The second kappa shape index (κ2) is 7.79. The van der Waals surface area contributed by atoms with E-state index in [4.69, 9.17) is 4.74 Å². The molecule has 0 bridgehead atoms. The third-order valence-corrected chi connectivity index (χ3v) is 3.82. The molecule has 0 radical (unpaired) electrons. The van der Waals surface area contributed by atoms with E-state index in [-0.39, 0.29) is 6.10 Å². The average Bonchev–Trinajstić information content (AvgIpc) is 2.47. The monoisotopic (exact) mass is 320 g/mol. The molecule has 0 unspecified atom stereocenters. The van der Waals surface area contributed by atoms with E-state index in [1.165, 1.54) is 5.56 Å². The van der Waals surface area contributed by atoms with Gasteiger partial charge in [0.1, 0.15) is 5.60 Å². The molecule has 1 aliphatic heterocycles. The predicted octanol–water partition coefficient (Wildman–Crippen LogP) is 2.67. The quantitative estimate of drug-likeness (QED) is 0.895. The number of likely N-dealkylation sites (tertiary alicyclic amines) is 1. The van der Waals surface area contributed by atoms with Crippen LogP contribution in [0.3, 0.4) is 0 Å². The molecular formula is C18H28N2O3. The van der Waals surface area contributed by atoms with Crippen LogP contribution in [0.5, 0.6) is 0 Å². The number of alkyl carbamates (subject to hydrolysis) is 1. The molecule has 0 saturated carbocycles. The summed E-state index contributed by atoms with van der Waals surface area (Å²) in [4.78, 5) is 14.0. The van der Waals surface area contributed by atoms with Gasteiger partial charge < -0.3 is 15.2 Å². The lowest BCUT2D eigenvalue weighted by atomic mass is 10.1. The minimum atomic E-state index is -0.476. The van der Waals surface area contributed by atoms with Crippen LogP contribution in [-0.2, 0) is 17.8 Å². The fourth-order valence-electron chi connectivity index (χ4n) is 2.59. The summed E-state index contributed by atoms with van der Waals surface area (Å²) in [5.41, 5.74) is 1.83. The lowest BCUT2D eigenvalue weighted by molar-refractivity contribution is 0.0523. The second-order valence-electron chi connectivity index (χ2n) is 7.18. The summed E-state index contributed by atoms with van der Waals surface area (Å²) in [5, 5.41) is 12.3. The molecule has 0 spiro atoms. The average molecular weight is 320 g/mol. The highest BCUT2D eigenvalue weighted by Crippen LogP contribution is 2.14. The van der Waals surface area contributed by atoms with Crippen LogP contribution in [-0.4, -0.2) is 40.9 Å².